The van der Waals surface area contributed by atoms with Crippen LogP contribution in [0.2, 0.25) is 0 Å². The number of carbonyl (C=O) groups excluding carboxylic acids is 1. The van der Waals surface area contributed by atoms with E-state index in [1.54, 1.807) is 18.2 Å². The van der Waals surface area contributed by atoms with E-state index in [1.165, 1.54) is 25.4 Å². The number of methoxy groups -OCH3 is 1. The lowest BCUT2D eigenvalue weighted by molar-refractivity contribution is 0.0527. The fourth-order valence-electron chi connectivity index (χ4n) is 2.68. The largest absolute Gasteiger partial charge is 0.481 e. The van der Waals surface area contributed by atoms with Gasteiger partial charge in [-0.25, -0.2) is 14.6 Å². The fraction of sp³-hybridized carbons (Fsp3) is 0.0870. The molecule has 156 valence electrons. The van der Waals surface area contributed by atoms with E-state index < -0.39 is 18.9 Å². The average Bonchev–Trinajstić information content (AvgIpc) is 2.78. The van der Waals surface area contributed by atoms with E-state index in [4.69, 9.17) is 14.9 Å². The third-order valence-corrected chi connectivity index (χ3v) is 4.17. The first kappa shape index (κ1) is 21.4. The van der Waals surface area contributed by atoms with E-state index in [-0.39, 0.29) is 5.56 Å². The summed E-state index contributed by atoms with van der Waals surface area (Å²) in [5, 5.41) is 20.1. The van der Waals surface area contributed by atoms with Crippen molar-refractivity contribution in [2.75, 3.05) is 19.2 Å². The number of carboxylic acid groups (broad SMARTS) is 1. The highest BCUT2D eigenvalue weighted by atomic mass is 16.6. The number of aromatic carboxylic acids is 1. The SMILES string of the molecule is COc1ncc(NC(=O)OCO)cc1-c1ccc(C#Cc2ccc(C(=O)O)cc2)cc1. The Hall–Kier alpha value is -4.35. The summed E-state index contributed by atoms with van der Waals surface area (Å²) in [4.78, 5) is 26.6. The monoisotopic (exact) mass is 418 g/mol. The molecule has 0 unspecified atom stereocenters. The number of benzene rings is 2. The summed E-state index contributed by atoms with van der Waals surface area (Å²) in [7, 11) is 1.49. The second-order valence-electron chi connectivity index (χ2n) is 6.18. The molecular formula is C23H18N2O6. The van der Waals surface area contributed by atoms with Crippen LogP contribution in [-0.2, 0) is 4.74 Å². The third kappa shape index (κ3) is 5.59. The van der Waals surface area contributed by atoms with Gasteiger partial charge < -0.3 is 19.7 Å². The van der Waals surface area contributed by atoms with Gasteiger partial charge in [-0.15, -0.1) is 0 Å². The van der Waals surface area contributed by atoms with Crippen LogP contribution in [0.1, 0.15) is 21.5 Å². The van der Waals surface area contributed by atoms with Crippen LogP contribution in [0, 0.1) is 11.8 Å². The minimum Gasteiger partial charge on any atom is -0.481 e. The second kappa shape index (κ2) is 9.91. The summed E-state index contributed by atoms with van der Waals surface area (Å²) >= 11 is 0. The van der Waals surface area contributed by atoms with E-state index in [9.17, 15) is 9.59 Å². The first-order valence-electron chi connectivity index (χ1n) is 9.04. The van der Waals surface area contributed by atoms with E-state index in [0.29, 0.717) is 22.7 Å². The van der Waals surface area contributed by atoms with Crippen molar-refractivity contribution in [2.24, 2.45) is 0 Å². The molecule has 0 aliphatic rings. The molecule has 0 atom stereocenters. The predicted molar refractivity (Wildman–Crippen MR) is 113 cm³/mol. The van der Waals surface area contributed by atoms with E-state index in [1.807, 2.05) is 24.3 Å². The molecule has 0 spiro atoms. The normalized spacial score (nSPS) is 9.87. The van der Waals surface area contributed by atoms with Gasteiger partial charge in [0, 0.05) is 16.7 Å². The number of rotatable bonds is 5. The maximum absolute atomic E-state index is 11.5. The Bertz CT molecular complexity index is 1150. The minimum atomic E-state index is -0.982. The Balaban J connectivity index is 1.81. The first-order valence-corrected chi connectivity index (χ1v) is 9.04. The number of aliphatic hydroxyl groups excluding tert-OH is 1. The number of anilines is 1. The molecule has 3 N–H and O–H groups in total. The summed E-state index contributed by atoms with van der Waals surface area (Å²) in [6.45, 7) is -0.728. The zero-order valence-corrected chi connectivity index (χ0v) is 16.5. The predicted octanol–water partition coefficient (Wildman–Crippen LogP) is 3.35. The van der Waals surface area contributed by atoms with Crippen LogP contribution in [-0.4, -0.2) is 41.2 Å². The third-order valence-electron chi connectivity index (χ3n) is 4.17. The summed E-state index contributed by atoms with van der Waals surface area (Å²) < 4.78 is 9.75. The lowest BCUT2D eigenvalue weighted by atomic mass is 10.0. The molecule has 0 saturated heterocycles. The Kier molecular flexibility index (Phi) is 6.83. The standard InChI is InChI=1S/C23H18N2O6/c1-30-21-20(12-19(13-24-21)25-23(29)31-14-26)17-8-4-15(5-9-17)2-3-16-6-10-18(11-7-16)22(27)28/h4-13,26H,14H2,1H3,(H,25,29)(H,27,28). The maximum Gasteiger partial charge on any atom is 0.413 e. The lowest BCUT2D eigenvalue weighted by Gasteiger charge is -2.11. The number of amides is 1. The Morgan fingerprint density at radius 3 is 2.19 bits per heavy atom. The summed E-state index contributed by atoms with van der Waals surface area (Å²) in [5.74, 6) is 5.41. The molecule has 3 aromatic rings. The number of carboxylic acids is 1. The zero-order chi connectivity index (χ0) is 22.2. The van der Waals surface area contributed by atoms with Crippen LogP contribution in [0.3, 0.4) is 0 Å². The second-order valence-corrected chi connectivity index (χ2v) is 6.18. The van der Waals surface area contributed by atoms with Crippen LogP contribution in [0.15, 0.2) is 60.8 Å². The van der Waals surface area contributed by atoms with Crippen LogP contribution >= 0.6 is 0 Å². The molecule has 0 aliphatic carbocycles. The molecule has 1 heterocycles. The van der Waals surface area contributed by atoms with E-state index in [2.05, 4.69) is 26.9 Å². The number of nitrogens with zero attached hydrogens (tertiary/aromatic N) is 1. The fourth-order valence-corrected chi connectivity index (χ4v) is 2.68. The van der Waals surface area contributed by atoms with Gasteiger partial charge in [-0.05, 0) is 48.0 Å². The van der Waals surface area contributed by atoms with Gasteiger partial charge in [-0.3, -0.25) is 5.32 Å². The van der Waals surface area contributed by atoms with Gasteiger partial charge >= 0.3 is 12.1 Å². The molecule has 2 aromatic carbocycles. The van der Waals surface area contributed by atoms with Gasteiger partial charge in [-0.1, -0.05) is 24.0 Å². The molecule has 0 radical (unpaired) electrons. The molecule has 3 rings (SSSR count). The van der Waals surface area contributed by atoms with E-state index >= 15 is 0 Å². The molecule has 31 heavy (non-hydrogen) atoms. The highest BCUT2D eigenvalue weighted by Gasteiger charge is 2.11. The van der Waals surface area contributed by atoms with Crippen molar-refractivity contribution in [1.29, 1.82) is 0 Å². The number of aromatic nitrogens is 1. The molecule has 0 bridgehead atoms. The van der Waals surface area contributed by atoms with Crippen LogP contribution in [0.25, 0.3) is 11.1 Å². The van der Waals surface area contributed by atoms with Gasteiger partial charge in [0.15, 0.2) is 6.79 Å². The average molecular weight is 418 g/mol. The summed E-state index contributed by atoms with van der Waals surface area (Å²) in [5.41, 5.74) is 3.49. The Labute approximate surface area is 178 Å². The van der Waals surface area contributed by atoms with Crippen LogP contribution in [0.4, 0.5) is 10.5 Å². The first-order chi connectivity index (χ1) is 15.0. The molecule has 0 fully saturated rings. The quantitative estimate of drug-likeness (QED) is 0.429. The summed E-state index contributed by atoms with van der Waals surface area (Å²) in [6, 6.07) is 15.3. The number of carbonyl (C=O) groups is 2. The number of pyridine rings is 1. The number of hydrogen-bond acceptors (Lipinski definition) is 6. The molecule has 1 amide bonds. The number of aliphatic hydroxyl groups is 1. The van der Waals surface area contributed by atoms with Gasteiger partial charge in [-0.2, -0.15) is 0 Å². The zero-order valence-electron chi connectivity index (χ0n) is 16.5. The molecular weight excluding hydrogens is 400 g/mol. The van der Waals surface area contributed by atoms with Crippen molar-refractivity contribution in [1.82, 2.24) is 4.98 Å². The van der Waals surface area contributed by atoms with Crippen molar-refractivity contribution in [3.63, 3.8) is 0 Å². The van der Waals surface area contributed by atoms with Crippen molar-refractivity contribution in [2.45, 2.75) is 0 Å². The minimum absolute atomic E-state index is 0.207. The van der Waals surface area contributed by atoms with Crippen molar-refractivity contribution in [3.8, 4) is 28.8 Å². The van der Waals surface area contributed by atoms with Gasteiger partial charge in [0.05, 0.1) is 24.6 Å². The van der Waals surface area contributed by atoms with Crippen molar-refractivity contribution >= 4 is 17.7 Å². The van der Waals surface area contributed by atoms with Crippen LogP contribution < -0.4 is 10.1 Å². The van der Waals surface area contributed by atoms with Gasteiger partial charge in [0.25, 0.3) is 0 Å². The van der Waals surface area contributed by atoms with Crippen molar-refractivity contribution < 1.29 is 29.3 Å². The summed E-state index contributed by atoms with van der Waals surface area (Å²) in [6.07, 6.45) is 0.610. The molecule has 1 aromatic heterocycles. The number of hydrogen-bond donors (Lipinski definition) is 3. The number of ether oxygens (including phenoxy) is 2. The topological polar surface area (TPSA) is 118 Å². The van der Waals surface area contributed by atoms with Crippen LogP contribution in [0.5, 0.6) is 5.88 Å². The van der Waals surface area contributed by atoms with Gasteiger partial charge in [0.1, 0.15) is 0 Å². The number of nitrogens with one attached hydrogen (secondary N) is 1. The Morgan fingerprint density at radius 2 is 1.65 bits per heavy atom. The molecule has 0 saturated carbocycles. The molecule has 0 aliphatic heterocycles. The highest BCUT2D eigenvalue weighted by molar-refractivity contribution is 5.87. The Morgan fingerprint density at radius 1 is 1.03 bits per heavy atom. The molecule has 8 heteroatoms. The van der Waals surface area contributed by atoms with Gasteiger partial charge in [0.2, 0.25) is 5.88 Å². The molecule has 8 nitrogen and oxygen atoms in total. The highest BCUT2D eigenvalue weighted by Crippen LogP contribution is 2.30. The maximum atomic E-state index is 11.5. The lowest BCUT2D eigenvalue weighted by Crippen LogP contribution is -2.14. The van der Waals surface area contributed by atoms with Crippen molar-refractivity contribution in [3.05, 3.63) is 77.5 Å². The van der Waals surface area contributed by atoms with E-state index in [0.717, 1.165) is 11.1 Å². The smallest absolute Gasteiger partial charge is 0.413 e.